The predicted octanol–water partition coefficient (Wildman–Crippen LogP) is 6.02. The minimum atomic E-state index is -0.421. The second kappa shape index (κ2) is 14.2. The van der Waals surface area contributed by atoms with Crippen molar-refractivity contribution in [2.75, 3.05) is 13.7 Å². The molecule has 2 N–H and O–H groups in total. The van der Waals surface area contributed by atoms with Crippen molar-refractivity contribution in [3.8, 4) is 0 Å². The van der Waals surface area contributed by atoms with E-state index in [-0.39, 0.29) is 18.4 Å². The molecule has 1 aliphatic rings. The van der Waals surface area contributed by atoms with Crippen LogP contribution in [0.4, 0.5) is 4.79 Å². The Morgan fingerprint density at radius 2 is 1.69 bits per heavy atom. The molecule has 0 heterocycles. The molecule has 0 saturated heterocycles. The zero-order chi connectivity index (χ0) is 22.6. The van der Waals surface area contributed by atoms with Crippen molar-refractivity contribution >= 4 is 27.8 Å². The third-order valence-electron chi connectivity index (χ3n) is 4.50. The number of allylic oxidation sites excluding steroid dienone is 6. The Bertz CT molecular complexity index is 668. The van der Waals surface area contributed by atoms with E-state index in [2.05, 4.69) is 36.4 Å². The molecule has 0 aromatic heterocycles. The second-order valence-electron chi connectivity index (χ2n) is 7.45. The lowest BCUT2D eigenvalue weighted by molar-refractivity contribution is -0.112. The number of ether oxygens (including phenoxy) is 1. The number of hydrogen-bond acceptors (Lipinski definition) is 4. The molecule has 5 nitrogen and oxygen atoms in total. The fourth-order valence-corrected chi connectivity index (χ4v) is 2.82. The number of carbonyl (C=O) groups excluding carboxylic acids is 2. The first-order valence-corrected chi connectivity index (χ1v) is 10.9. The average Bonchev–Trinajstić information content (AvgIpc) is 3.19. The van der Waals surface area contributed by atoms with Crippen LogP contribution >= 0.6 is 15.9 Å². The molecule has 0 spiro atoms. The first kappa shape index (κ1) is 27.2. The molecule has 164 valence electrons. The van der Waals surface area contributed by atoms with Gasteiger partial charge in [-0.1, -0.05) is 61.7 Å². The normalized spacial score (nSPS) is 15.8. The number of nitrogens with zero attached hydrogens (tertiary/aromatic N) is 1. The Morgan fingerprint density at radius 3 is 2.14 bits per heavy atom. The topological polar surface area (TPSA) is 72.6 Å². The van der Waals surface area contributed by atoms with Crippen molar-refractivity contribution in [1.82, 2.24) is 4.90 Å². The fourth-order valence-electron chi connectivity index (χ4n) is 2.69. The molecule has 1 fully saturated rings. The van der Waals surface area contributed by atoms with Gasteiger partial charge in [0.2, 0.25) is 0 Å². The number of hydrogen-bond donors (Lipinski definition) is 1. The zero-order valence-electron chi connectivity index (χ0n) is 18.8. The number of nitrogens with two attached hydrogens (primary N) is 1. The van der Waals surface area contributed by atoms with Gasteiger partial charge < -0.3 is 15.4 Å². The largest absolute Gasteiger partial charge is 0.444 e. The molecule has 1 amide bonds. The van der Waals surface area contributed by atoms with Gasteiger partial charge in [-0.05, 0) is 50.8 Å². The Morgan fingerprint density at radius 1 is 1.17 bits per heavy atom. The monoisotopic (exact) mass is 468 g/mol. The maximum atomic E-state index is 12.6. The van der Waals surface area contributed by atoms with Crippen LogP contribution in [0.1, 0.15) is 66.7 Å². The van der Waals surface area contributed by atoms with E-state index in [1.54, 1.807) is 37.9 Å². The van der Waals surface area contributed by atoms with Crippen molar-refractivity contribution in [2.24, 2.45) is 5.73 Å². The standard InChI is InChI=1S/C20H29BrN2O3.C3H8/c1-13(2)18(21)11-10-14(3)19(24)17(15(4)22)12-26-20(25)23(5)16-8-6-7-9-16;1-3-2/h10-11,16H,1,6-9,12,22H2,2-5H3;3H2,1-2H3/b14-10+,17-15-,18-11+;. The lowest BCUT2D eigenvalue weighted by Crippen LogP contribution is -2.36. The van der Waals surface area contributed by atoms with E-state index in [0.717, 1.165) is 35.7 Å². The quantitative estimate of drug-likeness (QED) is 0.366. The molecular weight excluding hydrogens is 432 g/mol. The molecule has 0 radical (unpaired) electrons. The number of carbonyl (C=O) groups is 2. The van der Waals surface area contributed by atoms with Gasteiger partial charge in [-0.15, -0.1) is 0 Å². The summed E-state index contributed by atoms with van der Waals surface area (Å²) in [4.78, 5) is 26.5. The summed E-state index contributed by atoms with van der Waals surface area (Å²) in [5.41, 5.74) is 7.86. The van der Waals surface area contributed by atoms with Crippen LogP contribution in [0, 0.1) is 0 Å². The van der Waals surface area contributed by atoms with E-state index >= 15 is 0 Å². The first-order chi connectivity index (χ1) is 13.6. The zero-order valence-corrected chi connectivity index (χ0v) is 20.4. The molecule has 0 aromatic rings. The van der Waals surface area contributed by atoms with E-state index in [0.29, 0.717) is 16.8 Å². The van der Waals surface area contributed by atoms with Crippen molar-refractivity contribution in [3.05, 3.63) is 45.6 Å². The molecule has 0 unspecified atom stereocenters. The van der Waals surface area contributed by atoms with Gasteiger partial charge >= 0.3 is 6.09 Å². The summed E-state index contributed by atoms with van der Waals surface area (Å²) in [6, 6.07) is 0.218. The number of ketones is 1. The molecule has 6 heteroatoms. The minimum Gasteiger partial charge on any atom is -0.444 e. The predicted molar refractivity (Wildman–Crippen MR) is 125 cm³/mol. The van der Waals surface area contributed by atoms with Crippen LogP contribution in [-0.4, -0.2) is 36.5 Å². The third-order valence-corrected chi connectivity index (χ3v) is 5.44. The van der Waals surface area contributed by atoms with Crippen molar-refractivity contribution in [2.45, 2.75) is 72.8 Å². The number of amides is 1. The fraction of sp³-hybridized carbons (Fsp3) is 0.565. The Labute approximate surface area is 184 Å². The Balaban J connectivity index is 0.00000245. The Hall–Kier alpha value is -1.82. The van der Waals surface area contributed by atoms with Crippen LogP contribution in [0.15, 0.2) is 45.6 Å². The summed E-state index contributed by atoms with van der Waals surface area (Å²) >= 11 is 3.38. The van der Waals surface area contributed by atoms with Gasteiger partial charge in [-0.3, -0.25) is 4.79 Å². The van der Waals surface area contributed by atoms with E-state index in [1.807, 2.05) is 6.92 Å². The highest BCUT2D eigenvalue weighted by molar-refractivity contribution is 9.12. The van der Waals surface area contributed by atoms with Crippen molar-refractivity contribution < 1.29 is 14.3 Å². The maximum absolute atomic E-state index is 12.6. The van der Waals surface area contributed by atoms with E-state index in [1.165, 1.54) is 6.42 Å². The van der Waals surface area contributed by atoms with Gasteiger partial charge in [0.25, 0.3) is 0 Å². The van der Waals surface area contributed by atoms with E-state index < -0.39 is 6.09 Å². The van der Waals surface area contributed by atoms with Crippen molar-refractivity contribution in [1.29, 1.82) is 0 Å². The van der Waals surface area contributed by atoms with Crippen LogP contribution in [0.3, 0.4) is 0 Å². The summed E-state index contributed by atoms with van der Waals surface area (Å²) in [6.45, 7) is 13.1. The minimum absolute atomic E-state index is 0.131. The lowest BCUT2D eigenvalue weighted by Gasteiger charge is -2.23. The highest BCUT2D eigenvalue weighted by Gasteiger charge is 2.25. The summed E-state index contributed by atoms with van der Waals surface area (Å²) in [7, 11) is 1.74. The SMILES string of the molecule is C=C(C)/C(Br)=C\C=C(/C)C(=O)/C(COC(=O)N(C)C1CCCC1)=C(/C)N.CCC. The van der Waals surface area contributed by atoms with Gasteiger partial charge in [0.05, 0.1) is 5.57 Å². The van der Waals surface area contributed by atoms with Gasteiger partial charge in [0.15, 0.2) is 5.78 Å². The molecule has 0 bridgehead atoms. The third kappa shape index (κ3) is 9.97. The highest BCUT2D eigenvalue weighted by atomic mass is 79.9. The first-order valence-electron chi connectivity index (χ1n) is 10.2. The van der Waals surface area contributed by atoms with Crippen LogP contribution < -0.4 is 5.73 Å². The Kier molecular flexibility index (Phi) is 13.3. The van der Waals surface area contributed by atoms with Gasteiger partial charge in [0.1, 0.15) is 6.61 Å². The van der Waals surface area contributed by atoms with Gasteiger partial charge in [-0.2, -0.15) is 0 Å². The molecule has 0 aromatic carbocycles. The summed E-state index contributed by atoms with van der Waals surface area (Å²) in [5, 5.41) is 0. The number of halogens is 1. The lowest BCUT2D eigenvalue weighted by atomic mass is 10.0. The molecule has 1 rings (SSSR count). The van der Waals surface area contributed by atoms with E-state index in [9.17, 15) is 9.59 Å². The van der Waals surface area contributed by atoms with Gasteiger partial charge in [0, 0.05) is 23.3 Å². The summed E-state index contributed by atoms with van der Waals surface area (Å²) in [5.74, 6) is -0.236. The van der Waals surface area contributed by atoms with Gasteiger partial charge in [-0.25, -0.2) is 4.79 Å². The number of Topliss-reactive ketones (excluding diaryl/α,β-unsaturated/α-hetero) is 1. The number of rotatable bonds is 7. The van der Waals surface area contributed by atoms with Crippen LogP contribution in [0.2, 0.25) is 0 Å². The van der Waals surface area contributed by atoms with Crippen molar-refractivity contribution in [3.63, 3.8) is 0 Å². The van der Waals surface area contributed by atoms with Crippen LogP contribution in [0.25, 0.3) is 0 Å². The molecule has 0 atom stereocenters. The van der Waals surface area contributed by atoms with E-state index in [4.69, 9.17) is 10.5 Å². The van der Waals surface area contributed by atoms with Crippen LogP contribution in [0.5, 0.6) is 0 Å². The molecule has 1 aliphatic carbocycles. The molecule has 29 heavy (non-hydrogen) atoms. The van der Waals surface area contributed by atoms with Crippen LogP contribution in [-0.2, 0) is 9.53 Å². The average molecular weight is 469 g/mol. The molecule has 1 saturated carbocycles. The highest BCUT2D eigenvalue weighted by Crippen LogP contribution is 2.23. The molecule has 0 aliphatic heterocycles. The maximum Gasteiger partial charge on any atom is 0.410 e. The smallest absolute Gasteiger partial charge is 0.410 e. The molecular formula is C23H37BrN2O3. The second-order valence-corrected chi connectivity index (χ2v) is 8.30. The summed E-state index contributed by atoms with van der Waals surface area (Å²) < 4.78 is 6.15. The summed E-state index contributed by atoms with van der Waals surface area (Å²) in [6.07, 6.45) is 8.53.